The Morgan fingerprint density at radius 3 is 2.50 bits per heavy atom. The van der Waals surface area contributed by atoms with E-state index in [1.807, 2.05) is 12.1 Å². The molecule has 4 heteroatoms. The third-order valence-electron chi connectivity index (χ3n) is 3.34. The first-order valence-corrected chi connectivity index (χ1v) is 6.33. The molecule has 0 radical (unpaired) electrons. The van der Waals surface area contributed by atoms with E-state index in [4.69, 9.17) is 9.47 Å². The Morgan fingerprint density at radius 1 is 1.22 bits per heavy atom. The monoisotopic (exact) mass is 250 g/mol. The molecular weight excluding hydrogens is 228 g/mol. The number of ether oxygens (including phenoxy) is 2. The van der Waals surface area contributed by atoms with Gasteiger partial charge < -0.3 is 19.7 Å². The first-order chi connectivity index (χ1) is 8.72. The third kappa shape index (κ3) is 3.15. The molecule has 0 amide bonds. The molecule has 1 aromatic carbocycles. The van der Waals surface area contributed by atoms with Gasteiger partial charge in [-0.15, -0.1) is 0 Å². The normalized spacial score (nSPS) is 15.6. The number of nitrogens with one attached hydrogen (secondary N) is 1. The van der Waals surface area contributed by atoms with Crippen LogP contribution in [0.3, 0.4) is 0 Å². The van der Waals surface area contributed by atoms with Crippen LogP contribution >= 0.6 is 0 Å². The van der Waals surface area contributed by atoms with Crippen molar-refractivity contribution < 1.29 is 9.47 Å². The van der Waals surface area contributed by atoms with Gasteiger partial charge in [0.15, 0.2) is 11.5 Å². The van der Waals surface area contributed by atoms with Crippen molar-refractivity contribution in [3.63, 3.8) is 0 Å². The first-order valence-electron chi connectivity index (χ1n) is 6.33. The molecular formula is C14H22N2O2. The van der Waals surface area contributed by atoms with E-state index >= 15 is 0 Å². The zero-order chi connectivity index (χ0) is 13.0. The summed E-state index contributed by atoms with van der Waals surface area (Å²) in [5, 5.41) is 3.30. The lowest BCUT2D eigenvalue weighted by Gasteiger charge is -2.31. The van der Waals surface area contributed by atoms with Gasteiger partial charge in [0.2, 0.25) is 0 Å². The zero-order valence-corrected chi connectivity index (χ0v) is 11.4. The van der Waals surface area contributed by atoms with Crippen LogP contribution in [-0.2, 0) is 6.54 Å². The number of rotatable bonds is 6. The van der Waals surface area contributed by atoms with Gasteiger partial charge in [-0.2, -0.15) is 0 Å². The molecule has 18 heavy (non-hydrogen) atoms. The average Bonchev–Trinajstić information content (AvgIpc) is 2.33. The van der Waals surface area contributed by atoms with Crippen molar-refractivity contribution in [2.45, 2.75) is 6.54 Å². The van der Waals surface area contributed by atoms with Crippen molar-refractivity contribution in [1.29, 1.82) is 0 Å². The molecule has 1 saturated heterocycles. The minimum absolute atomic E-state index is 0.784. The SMILES string of the molecule is COc1ccc(CN(C)CC2CNC2)cc1OC. The molecule has 0 aliphatic carbocycles. The fourth-order valence-corrected chi connectivity index (χ4v) is 2.27. The Hall–Kier alpha value is -1.26. The van der Waals surface area contributed by atoms with Crippen molar-refractivity contribution in [2.75, 3.05) is 40.9 Å². The highest BCUT2D eigenvalue weighted by Gasteiger charge is 2.18. The average molecular weight is 250 g/mol. The van der Waals surface area contributed by atoms with Crippen LogP contribution < -0.4 is 14.8 Å². The summed E-state index contributed by atoms with van der Waals surface area (Å²) in [6, 6.07) is 6.11. The quantitative estimate of drug-likeness (QED) is 0.826. The molecule has 0 saturated carbocycles. The van der Waals surface area contributed by atoms with E-state index in [1.165, 1.54) is 5.56 Å². The number of hydrogen-bond donors (Lipinski definition) is 1. The van der Waals surface area contributed by atoms with Crippen molar-refractivity contribution >= 4 is 0 Å². The standard InChI is InChI=1S/C14H22N2O2/c1-16(10-12-7-15-8-12)9-11-4-5-13(17-2)14(6-11)18-3/h4-6,12,15H,7-10H2,1-3H3. The molecule has 0 spiro atoms. The van der Waals surface area contributed by atoms with Crippen LogP contribution in [0.4, 0.5) is 0 Å². The number of hydrogen-bond acceptors (Lipinski definition) is 4. The highest BCUT2D eigenvalue weighted by Crippen LogP contribution is 2.28. The summed E-state index contributed by atoms with van der Waals surface area (Å²) in [4.78, 5) is 2.35. The molecule has 1 aliphatic rings. The van der Waals surface area contributed by atoms with E-state index < -0.39 is 0 Å². The van der Waals surface area contributed by atoms with Crippen molar-refractivity contribution in [2.24, 2.45) is 5.92 Å². The summed E-state index contributed by atoms with van der Waals surface area (Å²) < 4.78 is 10.6. The largest absolute Gasteiger partial charge is 0.493 e. The van der Waals surface area contributed by atoms with E-state index in [2.05, 4.69) is 23.3 Å². The van der Waals surface area contributed by atoms with Crippen LogP contribution in [-0.4, -0.2) is 45.8 Å². The summed E-state index contributed by atoms with van der Waals surface area (Å²) in [6.07, 6.45) is 0. The van der Waals surface area contributed by atoms with Crippen molar-refractivity contribution in [1.82, 2.24) is 10.2 Å². The molecule has 0 atom stereocenters. The second-order valence-electron chi connectivity index (χ2n) is 4.91. The summed E-state index contributed by atoms with van der Waals surface area (Å²) in [6.45, 7) is 4.38. The fourth-order valence-electron chi connectivity index (χ4n) is 2.27. The van der Waals surface area contributed by atoms with Gasteiger partial charge >= 0.3 is 0 Å². The van der Waals surface area contributed by atoms with Crippen LogP contribution in [0.25, 0.3) is 0 Å². The van der Waals surface area contributed by atoms with Crippen LogP contribution in [0.15, 0.2) is 18.2 Å². The second kappa shape index (κ2) is 6.07. The van der Waals surface area contributed by atoms with E-state index in [0.29, 0.717) is 0 Å². The van der Waals surface area contributed by atoms with Crippen molar-refractivity contribution in [3.05, 3.63) is 23.8 Å². The Labute approximate surface area is 109 Å². The van der Waals surface area contributed by atoms with Gasteiger partial charge in [0.05, 0.1) is 14.2 Å². The summed E-state index contributed by atoms with van der Waals surface area (Å²) >= 11 is 0. The van der Waals surface area contributed by atoms with Gasteiger partial charge in [0.1, 0.15) is 0 Å². The predicted molar refractivity (Wildman–Crippen MR) is 72.2 cm³/mol. The smallest absolute Gasteiger partial charge is 0.161 e. The molecule has 1 heterocycles. The van der Waals surface area contributed by atoms with Crippen LogP contribution in [0.2, 0.25) is 0 Å². The maximum Gasteiger partial charge on any atom is 0.161 e. The summed E-state index contributed by atoms with van der Waals surface area (Å²) in [5.74, 6) is 2.39. The second-order valence-corrected chi connectivity index (χ2v) is 4.91. The van der Waals surface area contributed by atoms with Crippen molar-refractivity contribution in [3.8, 4) is 11.5 Å². The van der Waals surface area contributed by atoms with E-state index in [0.717, 1.165) is 43.6 Å². The minimum Gasteiger partial charge on any atom is -0.493 e. The van der Waals surface area contributed by atoms with Gasteiger partial charge in [-0.05, 0) is 30.7 Å². The predicted octanol–water partition coefficient (Wildman–Crippen LogP) is 1.35. The van der Waals surface area contributed by atoms with Gasteiger partial charge in [0, 0.05) is 26.2 Å². The van der Waals surface area contributed by atoms with E-state index in [9.17, 15) is 0 Å². The molecule has 4 nitrogen and oxygen atoms in total. The maximum atomic E-state index is 5.32. The molecule has 0 bridgehead atoms. The Balaban J connectivity index is 1.95. The Bertz CT molecular complexity index is 391. The van der Waals surface area contributed by atoms with Gasteiger partial charge in [-0.3, -0.25) is 0 Å². The molecule has 1 aliphatic heterocycles. The molecule has 0 unspecified atom stereocenters. The molecule has 100 valence electrons. The van der Waals surface area contributed by atoms with Gasteiger partial charge in [-0.1, -0.05) is 6.07 Å². The van der Waals surface area contributed by atoms with Gasteiger partial charge in [0.25, 0.3) is 0 Å². The molecule has 1 fully saturated rings. The third-order valence-corrected chi connectivity index (χ3v) is 3.34. The lowest BCUT2D eigenvalue weighted by atomic mass is 10.0. The summed E-state index contributed by atoms with van der Waals surface area (Å²) in [5.41, 5.74) is 1.25. The topological polar surface area (TPSA) is 33.7 Å². The Morgan fingerprint density at radius 2 is 1.94 bits per heavy atom. The highest BCUT2D eigenvalue weighted by atomic mass is 16.5. The Kier molecular flexibility index (Phi) is 4.44. The molecule has 1 N–H and O–H groups in total. The molecule has 1 aromatic rings. The van der Waals surface area contributed by atoms with Crippen LogP contribution in [0, 0.1) is 5.92 Å². The highest BCUT2D eigenvalue weighted by molar-refractivity contribution is 5.42. The van der Waals surface area contributed by atoms with Crippen LogP contribution in [0.1, 0.15) is 5.56 Å². The fraction of sp³-hybridized carbons (Fsp3) is 0.571. The number of nitrogens with zero attached hydrogens (tertiary/aromatic N) is 1. The van der Waals surface area contributed by atoms with Gasteiger partial charge in [-0.25, -0.2) is 0 Å². The van der Waals surface area contributed by atoms with E-state index in [1.54, 1.807) is 14.2 Å². The minimum atomic E-state index is 0.784. The first kappa shape index (κ1) is 13.2. The summed E-state index contributed by atoms with van der Waals surface area (Å²) in [7, 11) is 5.49. The van der Waals surface area contributed by atoms with E-state index in [-0.39, 0.29) is 0 Å². The molecule has 2 rings (SSSR count). The zero-order valence-electron chi connectivity index (χ0n) is 11.4. The lowest BCUT2D eigenvalue weighted by molar-refractivity contribution is 0.218. The molecule has 0 aromatic heterocycles. The maximum absolute atomic E-state index is 5.32. The number of benzene rings is 1. The lowest BCUT2D eigenvalue weighted by Crippen LogP contribution is -2.47. The van der Waals surface area contributed by atoms with Crippen LogP contribution in [0.5, 0.6) is 11.5 Å². The number of methoxy groups -OCH3 is 2.